The summed E-state index contributed by atoms with van der Waals surface area (Å²) in [5, 5.41) is 13.2. The molecule has 0 aliphatic heterocycles. The van der Waals surface area contributed by atoms with Gasteiger partial charge >= 0.3 is 0 Å². The molecule has 0 bridgehead atoms. The lowest BCUT2D eigenvalue weighted by molar-refractivity contribution is 0.475. The summed E-state index contributed by atoms with van der Waals surface area (Å²) < 4.78 is 23.4. The summed E-state index contributed by atoms with van der Waals surface area (Å²) in [6.07, 6.45) is 2.84. The fourth-order valence-electron chi connectivity index (χ4n) is 2.17. The van der Waals surface area contributed by atoms with Crippen LogP contribution in [-0.2, 0) is 9.84 Å². The van der Waals surface area contributed by atoms with Crippen molar-refractivity contribution in [2.75, 3.05) is 11.6 Å². The smallest absolute Gasteiger partial charge is 0.175 e. The van der Waals surface area contributed by atoms with Gasteiger partial charge in [0.25, 0.3) is 0 Å². The van der Waals surface area contributed by atoms with Crippen molar-refractivity contribution >= 4 is 32.1 Å². The first-order valence-corrected chi connectivity index (χ1v) is 8.47. The second kappa shape index (κ2) is 5.31. The molecule has 0 atom stereocenters. The SMILES string of the molecule is CS(=O)(=O)c1ccc2nccc(Nc3ccc(O)cc3)c2c1. The van der Waals surface area contributed by atoms with E-state index in [1.54, 1.807) is 54.7 Å². The maximum atomic E-state index is 11.7. The number of nitrogens with one attached hydrogen (secondary N) is 1. The Balaban J connectivity index is 2.10. The van der Waals surface area contributed by atoms with Crippen LogP contribution in [0.4, 0.5) is 11.4 Å². The molecule has 0 amide bonds. The molecular formula is C16H14N2O3S. The van der Waals surface area contributed by atoms with Crippen molar-refractivity contribution in [2.24, 2.45) is 0 Å². The predicted molar refractivity (Wildman–Crippen MR) is 86.2 cm³/mol. The van der Waals surface area contributed by atoms with Crippen LogP contribution < -0.4 is 5.32 Å². The molecule has 3 aromatic rings. The highest BCUT2D eigenvalue weighted by atomic mass is 32.2. The highest BCUT2D eigenvalue weighted by Crippen LogP contribution is 2.28. The van der Waals surface area contributed by atoms with Crippen LogP contribution in [-0.4, -0.2) is 24.8 Å². The largest absolute Gasteiger partial charge is 0.508 e. The second-order valence-electron chi connectivity index (χ2n) is 4.98. The lowest BCUT2D eigenvalue weighted by Crippen LogP contribution is -1.98. The van der Waals surface area contributed by atoms with Crippen LogP contribution >= 0.6 is 0 Å². The molecule has 0 spiro atoms. The molecule has 2 N–H and O–H groups in total. The van der Waals surface area contributed by atoms with Gasteiger partial charge in [0.05, 0.1) is 10.4 Å². The van der Waals surface area contributed by atoms with Gasteiger partial charge in [-0.2, -0.15) is 0 Å². The first-order valence-electron chi connectivity index (χ1n) is 6.58. The topological polar surface area (TPSA) is 79.3 Å². The number of rotatable bonds is 3. The van der Waals surface area contributed by atoms with E-state index in [0.29, 0.717) is 5.52 Å². The maximum Gasteiger partial charge on any atom is 0.175 e. The summed E-state index contributed by atoms with van der Waals surface area (Å²) in [5.41, 5.74) is 2.24. The van der Waals surface area contributed by atoms with Gasteiger partial charge < -0.3 is 10.4 Å². The maximum absolute atomic E-state index is 11.7. The van der Waals surface area contributed by atoms with E-state index in [-0.39, 0.29) is 10.6 Å². The summed E-state index contributed by atoms with van der Waals surface area (Å²) in [6.45, 7) is 0. The molecule has 0 aliphatic rings. The lowest BCUT2D eigenvalue weighted by Gasteiger charge is -2.10. The molecule has 2 aromatic carbocycles. The average Bonchev–Trinajstić information content (AvgIpc) is 2.48. The quantitative estimate of drug-likeness (QED) is 0.726. The number of benzene rings is 2. The number of aromatic hydroxyl groups is 1. The van der Waals surface area contributed by atoms with E-state index in [9.17, 15) is 13.5 Å². The average molecular weight is 314 g/mol. The van der Waals surface area contributed by atoms with E-state index in [0.717, 1.165) is 16.8 Å². The Morgan fingerprint density at radius 3 is 2.45 bits per heavy atom. The molecular weight excluding hydrogens is 300 g/mol. The van der Waals surface area contributed by atoms with Gasteiger partial charge in [0.1, 0.15) is 5.75 Å². The summed E-state index contributed by atoms with van der Waals surface area (Å²) in [7, 11) is -3.28. The summed E-state index contributed by atoms with van der Waals surface area (Å²) in [4.78, 5) is 4.50. The van der Waals surface area contributed by atoms with Gasteiger partial charge in [-0.25, -0.2) is 8.42 Å². The number of sulfone groups is 1. The van der Waals surface area contributed by atoms with Crippen LogP contribution in [0.25, 0.3) is 10.9 Å². The van der Waals surface area contributed by atoms with Crippen molar-refractivity contribution in [3.8, 4) is 5.75 Å². The van der Waals surface area contributed by atoms with Gasteiger partial charge in [-0.3, -0.25) is 4.98 Å². The molecule has 0 unspecified atom stereocenters. The lowest BCUT2D eigenvalue weighted by atomic mass is 10.2. The first kappa shape index (κ1) is 14.3. The number of fused-ring (bicyclic) bond motifs is 1. The first-order chi connectivity index (χ1) is 10.4. The minimum Gasteiger partial charge on any atom is -0.508 e. The fraction of sp³-hybridized carbons (Fsp3) is 0.0625. The zero-order valence-electron chi connectivity index (χ0n) is 11.8. The van der Waals surface area contributed by atoms with Crippen molar-refractivity contribution in [3.05, 3.63) is 54.7 Å². The molecule has 0 saturated carbocycles. The molecule has 0 saturated heterocycles. The van der Waals surface area contributed by atoms with Crippen molar-refractivity contribution in [1.82, 2.24) is 4.98 Å². The summed E-state index contributed by atoms with van der Waals surface area (Å²) >= 11 is 0. The number of nitrogens with zero attached hydrogens (tertiary/aromatic N) is 1. The van der Waals surface area contributed by atoms with E-state index >= 15 is 0 Å². The number of aromatic nitrogens is 1. The van der Waals surface area contributed by atoms with E-state index in [1.165, 1.54) is 6.26 Å². The molecule has 3 rings (SSSR count). The van der Waals surface area contributed by atoms with Crippen molar-refractivity contribution in [3.63, 3.8) is 0 Å². The Hall–Kier alpha value is -2.60. The minimum absolute atomic E-state index is 0.185. The van der Waals surface area contributed by atoms with Crippen molar-refractivity contribution in [2.45, 2.75) is 4.90 Å². The minimum atomic E-state index is -3.28. The Morgan fingerprint density at radius 2 is 1.77 bits per heavy atom. The van der Waals surface area contributed by atoms with Crippen LogP contribution in [0.1, 0.15) is 0 Å². The molecule has 112 valence electrons. The van der Waals surface area contributed by atoms with Crippen LogP contribution in [0.5, 0.6) is 5.75 Å². The van der Waals surface area contributed by atoms with Crippen molar-refractivity contribution in [1.29, 1.82) is 0 Å². The molecule has 1 aromatic heterocycles. The van der Waals surface area contributed by atoms with Gasteiger partial charge in [-0.05, 0) is 48.5 Å². The molecule has 0 fully saturated rings. The standard InChI is InChI=1S/C16H14N2O3S/c1-22(20,21)13-6-7-15-14(10-13)16(8-9-17-15)18-11-2-4-12(19)5-3-11/h2-10,19H,1H3,(H,17,18). The van der Waals surface area contributed by atoms with Crippen molar-refractivity contribution < 1.29 is 13.5 Å². The van der Waals surface area contributed by atoms with E-state index < -0.39 is 9.84 Å². The zero-order valence-corrected chi connectivity index (χ0v) is 12.6. The fourth-order valence-corrected chi connectivity index (χ4v) is 2.81. The van der Waals surface area contributed by atoms with Gasteiger partial charge in [0, 0.05) is 29.2 Å². The molecule has 5 nitrogen and oxygen atoms in total. The number of phenols is 1. The zero-order chi connectivity index (χ0) is 15.7. The van der Waals surface area contributed by atoms with Crippen LogP contribution in [0.2, 0.25) is 0 Å². The number of anilines is 2. The van der Waals surface area contributed by atoms with Crippen LogP contribution in [0, 0.1) is 0 Å². The normalized spacial score (nSPS) is 11.5. The number of hydrogen-bond acceptors (Lipinski definition) is 5. The Labute approximate surface area is 128 Å². The highest BCUT2D eigenvalue weighted by Gasteiger charge is 2.10. The second-order valence-corrected chi connectivity index (χ2v) is 7.00. The number of hydrogen-bond donors (Lipinski definition) is 2. The van der Waals surface area contributed by atoms with Crippen LogP contribution in [0.3, 0.4) is 0 Å². The number of phenolic OH excluding ortho intramolecular Hbond substituents is 1. The van der Waals surface area contributed by atoms with Crippen LogP contribution in [0.15, 0.2) is 59.6 Å². The Kier molecular flexibility index (Phi) is 3.46. The van der Waals surface area contributed by atoms with E-state index in [4.69, 9.17) is 0 Å². The molecule has 22 heavy (non-hydrogen) atoms. The Bertz CT molecular complexity index is 935. The molecule has 0 aliphatic carbocycles. The van der Waals surface area contributed by atoms with E-state index in [2.05, 4.69) is 10.3 Å². The molecule has 6 heteroatoms. The van der Waals surface area contributed by atoms with E-state index in [1.807, 2.05) is 0 Å². The summed E-state index contributed by atoms with van der Waals surface area (Å²) in [5.74, 6) is 0.185. The van der Waals surface area contributed by atoms with Gasteiger partial charge in [0.15, 0.2) is 9.84 Å². The Morgan fingerprint density at radius 1 is 1.05 bits per heavy atom. The highest BCUT2D eigenvalue weighted by molar-refractivity contribution is 7.90. The third kappa shape index (κ3) is 2.87. The third-order valence-corrected chi connectivity index (χ3v) is 4.40. The van der Waals surface area contributed by atoms with Gasteiger partial charge in [0.2, 0.25) is 0 Å². The monoisotopic (exact) mass is 314 g/mol. The predicted octanol–water partition coefficient (Wildman–Crippen LogP) is 3.09. The third-order valence-electron chi connectivity index (χ3n) is 3.29. The molecule has 1 heterocycles. The number of pyridine rings is 1. The summed E-state index contributed by atoms with van der Waals surface area (Å²) in [6, 6.07) is 13.3. The molecule has 0 radical (unpaired) electrons. The van der Waals surface area contributed by atoms with Gasteiger partial charge in [-0.1, -0.05) is 0 Å². The van der Waals surface area contributed by atoms with Gasteiger partial charge in [-0.15, -0.1) is 0 Å².